The van der Waals surface area contributed by atoms with Gasteiger partial charge in [0, 0.05) is 14.1 Å². The van der Waals surface area contributed by atoms with Gasteiger partial charge in [-0.05, 0) is 24.3 Å². The van der Waals surface area contributed by atoms with E-state index < -0.39 is 11.2 Å². The fourth-order valence-corrected chi connectivity index (χ4v) is 3.14. The number of carbonyl (C=O) groups excluding carboxylic acids is 1. The molecular formula is C21H19N5O4. The maximum atomic E-state index is 12.7. The minimum Gasteiger partial charge on any atom is -0.455 e. The van der Waals surface area contributed by atoms with Crippen LogP contribution in [0, 0.1) is 0 Å². The number of aromatic nitrogens is 4. The first-order chi connectivity index (χ1) is 14.5. The molecule has 1 N–H and O–H groups in total. The van der Waals surface area contributed by atoms with Crippen LogP contribution in [0.3, 0.4) is 0 Å². The summed E-state index contributed by atoms with van der Waals surface area (Å²) < 4.78 is 9.54. The Hall–Kier alpha value is -4.14. The maximum absolute atomic E-state index is 12.7. The molecule has 0 aliphatic rings. The molecule has 1 amide bonds. The number of hydrogen-bond donors (Lipinski definition) is 1. The van der Waals surface area contributed by atoms with Crippen LogP contribution >= 0.6 is 0 Å². The summed E-state index contributed by atoms with van der Waals surface area (Å²) in [6, 6.07) is 16.3. The van der Waals surface area contributed by atoms with Gasteiger partial charge < -0.3 is 14.6 Å². The van der Waals surface area contributed by atoms with Gasteiger partial charge in [0.2, 0.25) is 5.91 Å². The molecule has 0 saturated carbocycles. The van der Waals surface area contributed by atoms with Gasteiger partial charge in [-0.1, -0.05) is 30.3 Å². The summed E-state index contributed by atoms with van der Waals surface area (Å²) in [5, 5.41) is 2.80. The van der Waals surface area contributed by atoms with E-state index in [1.54, 1.807) is 18.2 Å². The van der Waals surface area contributed by atoms with Crippen molar-refractivity contribution in [1.82, 2.24) is 18.7 Å². The van der Waals surface area contributed by atoms with E-state index in [0.717, 1.165) is 4.57 Å². The average molecular weight is 405 g/mol. The number of amides is 1. The summed E-state index contributed by atoms with van der Waals surface area (Å²) >= 11 is 0. The third kappa shape index (κ3) is 3.48. The van der Waals surface area contributed by atoms with Crippen molar-refractivity contribution in [3.05, 3.63) is 81.8 Å². The maximum Gasteiger partial charge on any atom is 0.332 e. The number of imidazole rings is 1. The van der Waals surface area contributed by atoms with E-state index in [1.807, 2.05) is 36.4 Å². The van der Waals surface area contributed by atoms with Gasteiger partial charge in [0.25, 0.3) is 5.56 Å². The Labute approximate surface area is 170 Å². The third-order valence-electron chi connectivity index (χ3n) is 4.66. The van der Waals surface area contributed by atoms with Gasteiger partial charge in [-0.25, -0.2) is 9.78 Å². The molecule has 152 valence electrons. The van der Waals surface area contributed by atoms with Crippen LogP contribution in [-0.2, 0) is 25.4 Å². The van der Waals surface area contributed by atoms with Gasteiger partial charge in [-0.2, -0.15) is 0 Å². The minimum atomic E-state index is -0.508. The van der Waals surface area contributed by atoms with Crippen LogP contribution in [0.25, 0.3) is 11.2 Å². The molecule has 0 saturated heterocycles. The van der Waals surface area contributed by atoms with Crippen LogP contribution in [0.1, 0.15) is 0 Å². The summed E-state index contributed by atoms with van der Waals surface area (Å²) in [7, 11) is 2.91. The van der Waals surface area contributed by atoms with E-state index >= 15 is 0 Å². The molecule has 2 aromatic heterocycles. The number of benzene rings is 2. The van der Waals surface area contributed by atoms with Crippen LogP contribution in [0.5, 0.6) is 11.5 Å². The van der Waals surface area contributed by atoms with Crippen molar-refractivity contribution in [3.8, 4) is 11.5 Å². The Morgan fingerprint density at radius 3 is 2.47 bits per heavy atom. The number of hydrogen-bond acceptors (Lipinski definition) is 5. The molecule has 0 unspecified atom stereocenters. The summed E-state index contributed by atoms with van der Waals surface area (Å²) in [4.78, 5) is 41.4. The molecule has 2 aromatic carbocycles. The van der Waals surface area contributed by atoms with Gasteiger partial charge >= 0.3 is 5.69 Å². The number of fused-ring (bicyclic) bond motifs is 1. The van der Waals surface area contributed by atoms with Crippen molar-refractivity contribution in [3.63, 3.8) is 0 Å². The summed E-state index contributed by atoms with van der Waals surface area (Å²) in [5.74, 6) is 0.768. The molecule has 0 bridgehead atoms. The predicted octanol–water partition coefficient (Wildman–Crippen LogP) is 1.86. The Balaban J connectivity index is 1.60. The second-order valence-electron chi connectivity index (χ2n) is 6.71. The molecule has 0 atom stereocenters. The summed E-state index contributed by atoms with van der Waals surface area (Å²) in [5.41, 5.74) is -0.0799. The summed E-state index contributed by atoms with van der Waals surface area (Å²) in [6.45, 7) is -0.149. The van der Waals surface area contributed by atoms with Crippen LogP contribution in [0.15, 0.2) is 70.5 Å². The van der Waals surface area contributed by atoms with Gasteiger partial charge in [0.1, 0.15) is 12.3 Å². The fourth-order valence-electron chi connectivity index (χ4n) is 3.14. The number of aryl methyl sites for hydroxylation is 1. The third-order valence-corrected chi connectivity index (χ3v) is 4.66. The van der Waals surface area contributed by atoms with Gasteiger partial charge in [0.15, 0.2) is 16.9 Å². The zero-order valence-electron chi connectivity index (χ0n) is 16.4. The van der Waals surface area contributed by atoms with Crippen molar-refractivity contribution < 1.29 is 9.53 Å². The topological polar surface area (TPSA) is 100 Å². The normalized spacial score (nSPS) is 10.9. The lowest BCUT2D eigenvalue weighted by atomic mass is 10.3. The van der Waals surface area contributed by atoms with Crippen molar-refractivity contribution in [2.45, 2.75) is 6.54 Å². The van der Waals surface area contributed by atoms with E-state index in [0.29, 0.717) is 17.2 Å². The van der Waals surface area contributed by atoms with Crippen LogP contribution in [0.4, 0.5) is 5.69 Å². The van der Waals surface area contributed by atoms with Gasteiger partial charge in [-0.15, -0.1) is 0 Å². The van der Waals surface area contributed by atoms with E-state index in [2.05, 4.69) is 10.3 Å². The molecule has 4 aromatic rings. The first kappa shape index (κ1) is 19.2. The molecule has 0 aliphatic heterocycles. The number of carbonyl (C=O) groups is 1. The highest BCUT2D eigenvalue weighted by molar-refractivity contribution is 5.92. The summed E-state index contributed by atoms with van der Waals surface area (Å²) in [6.07, 6.45) is 1.37. The Morgan fingerprint density at radius 2 is 1.70 bits per heavy atom. The molecule has 2 heterocycles. The predicted molar refractivity (Wildman–Crippen MR) is 112 cm³/mol. The lowest BCUT2D eigenvalue weighted by Crippen LogP contribution is -2.37. The fraction of sp³-hybridized carbons (Fsp3) is 0.143. The number of ether oxygens (including phenoxy) is 1. The number of nitrogens with one attached hydrogen (secondary N) is 1. The first-order valence-electron chi connectivity index (χ1n) is 9.18. The molecule has 0 fully saturated rings. The molecule has 9 heteroatoms. The zero-order valence-corrected chi connectivity index (χ0v) is 16.4. The monoisotopic (exact) mass is 405 g/mol. The number of para-hydroxylation sites is 3. The Morgan fingerprint density at radius 1 is 1.00 bits per heavy atom. The van der Waals surface area contributed by atoms with Crippen molar-refractivity contribution >= 4 is 22.8 Å². The minimum absolute atomic E-state index is 0.149. The Kier molecular flexibility index (Phi) is 4.93. The van der Waals surface area contributed by atoms with Gasteiger partial charge in [-0.3, -0.25) is 18.7 Å². The van der Waals surface area contributed by atoms with Gasteiger partial charge in [0.05, 0.1) is 12.0 Å². The van der Waals surface area contributed by atoms with Crippen molar-refractivity contribution in [2.75, 3.05) is 5.32 Å². The molecular weight excluding hydrogens is 386 g/mol. The van der Waals surface area contributed by atoms with Crippen molar-refractivity contribution in [1.29, 1.82) is 0 Å². The highest BCUT2D eigenvalue weighted by Gasteiger charge is 2.16. The average Bonchev–Trinajstić information content (AvgIpc) is 3.16. The first-order valence-corrected chi connectivity index (χ1v) is 9.18. The number of anilines is 1. The molecule has 4 rings (SSSR count). The van der Waals surface area contributed by atoms with E-state index in [4.69, 9.17) is 4.74 Å². The molecule has 0 spiro atoms. The van der Waals surface area contributed by atoms with Crippen LogP contribution in [0.2, 0.25) is 0 Å². The zero-order chi connectivity index (χ0) is 21.3. The molecule has 0 aliphatic carbocycles. The lowest BCUT2D eigenvalue weighted by molar-refractivity contribution is -0.116. The van der Waals surface area contributed by atoms with E-state index in [-0.39, 0.29) is 23.6 Å². The molecule has 0 radical (unpaired) electrons. The highest BCUT2D eigenvalue weighted by Crippen LogP contribution is 2.29. The molecule has 30 heavy (non-hydrogen) atoms. The Bertz CT molecular complexity index is 1350. The number of rotatable bonds is 5. The van der Waals surface area contributed by atoms with E-state index in [9.17, 15) is 14.4 Å². The standard InChI is InChI=1S/C21H19N5O4/c1-24-19-18(20(28)25(2)21(24)29)26(13-22-19)12-17(27)23-15-10-6-7-11-16(15)30-14-8-4-3-5-9-14/h3-11,13H,12H2,1-2H3,(H,23,27). The highest BCUT2D eigenvalue weighted by atomic mass is 16.5. The lowest BCUT2D eigenvalue weighted by Gasteiger charge is -2.12. The van der Waals surface area contributed by atoms with E-state index in [1.165, 1.54) is 29.6 Å². The smallest absolute Gasteiger partial charge is 0.332 e. The quantitative estimate of drug-likeness (QED) is 0.546. The van der Waals surface area contributed by atoms with Crippen LogP contribution in [-0.4, -0.2) is 24.6 Å². The SMILES string of the molecule is Cn1c(=O)c2c(ncn2CC(=O)Nc2ccccc2Oc2ccccc2)n(C)c1=O. The van der Waals surface area contributed by atoms with Crippen molar-refractivity contribution in [2.24, 2.45) is 14.1 Å². The second kappa shape index (κ2) is 7.70. The largest absolute Gasteiger partial charge is 0.455 e. The number of nitrogens with zero attached hydrogens (tertiary/aromatic N) is 4. The second-order valence-corrected chi connectivity index (χ2v) is 6.71. The van der Waals surface area contributed by atoms with Crippen LogP contribution < -0.4 is 21.3 Å². The molecule has 9 nitrogen and oxygen atoms in total.